The van der Waals surface area contributed by atoms with Crippen molar-refractivity contribution in [3.05, 3.63) is 23.3 Å². The largest absolute Gasteiger partial charge is 0.491 e. The summed E-state index contributed by atoms with van der Waals surface area (Å²) in [5.41, 5.74) is 5.03. The van der Waals surface area contributed by atoms with Gasteiger partial charge < -0.3 is 15.2 Å². The van der Waals surface area contributed by atoms with Gasteiger partial charge >= 0.3 is 0 Å². The molecule has 0 aliphatic heterocycles. The molecular weight excluding hydrogens is 230 g/mol. The lowest BCUT2D eigenvalue weighted by molar-refractivity contribution is 0.265. The van der Waals surface area contributed by atoms with Gasteiger partial charge in [-0.2, -0.15) is 17.6 Å². The molecule has 0 unspecified atom stereocenters. The van der Waals surface area contributed by atoms with E-state index in [1.54, 1.807) is 0 Å². The van der Waals surface area contributed by atoms with Crippen molar-refractivity contribution in [2.75, 3.05) is 20.3 Å². The summed E-state index contributed by atoms with van der Waals surface area (Å²) in [6.07, 6.45) is 0. The summed E-state index contributed by atoms with van der Waals surface area (Å²) >= 11 is 0. The molecule has 16 heavy (non-hydrogen) atoms. The van der Waals surface area contributed by atoms with Crippen molar-refractivity contribution >= 4 is 0 Å². The molecule has 0 saturated heterocycles. The number of benzene rings is 1. The molecule has 0 amide bonds. The van der Waals surface area contributed by atoms with Crippen LogP contribution in [0.3, 0.4) is 0 Å². The minimum Gasteiger partial charge on any atom is -0.491 e. The molecule has 2 N–H and O–H groups in total. The maximum atomic E-state index is 13.2. The van der Waals surface area contributed by atoms with Crippen molar-refractivity contribution in [3.8, 4) is 11.5 Å². The van der Waals surface area contributed by atoms with Crippen LogP contribution >= 0.6 is 0 Å². The van der Waals surface area contributed by atoms with Crippen LogP contribution in [0.1, 0.15) is 0 Å². The normalized spacial score (nSPS) is 10.4. The maximum Gasteiger partial charge on any atom is 0.207 e. The van der Waals surface area contributed by atoms with Crippen LogP contribution in [0.2, 0.25) is 0 Å². The molecule has 3 nitrogen and oxygen atoms in total. The number of rotatable bonds is 4. The molecule has 0 saturated carbocycles. The van der Waals surface area contributed by atoms with E-state index in [1.165, 1.54) is 0 Å². The fraction of sp³-hybridized carbons (Fsp3) is 0.333. The molecule has 0 bridgehead atoms. The Kier molecular flexibility index (Phi) is 3.94. The quantitative estimate of drug-likeness (QED) is 0.641. The molecule has 0 radical (unpaired) electrons. The van der Waals surface area contributed by atoms with Crippen molar-refractivity contribution in [2.45, 2.75) is 0 Å². The van der Waals surface area contributed by atoms with E-state index in [0.717, 1.165) is 7.11 Å². The first-order chi connectivity index (χ1) is 7.54. The van der Waals surface area contributed by atoms with Crippen LogP contribution in [0.15, 0.2) is 0 Å². The van der Waals surface area contributed by atoms with E-state index >= 15 is 0 Å². The summed E-state index contributed by atoms with van der Waals surface area (Å²) < 4.78 is 61.3. The molecule has 1 rings (SSSR count). The zero-order valence-corrected chi connectivity index (χ0v) is 8.32. The van der Waals surface area contributed by atoms with Gasteiger partial charge in [-0.1, -0.05) is 0 Å². The van der Waals surface area contributed by atoms with Crippen molar-refractivity contribution < 1.29 is 27.0 Å². The van der Waals surface area contributed by atoms with Crippen LogP contribution in [-0.4, -0.2) is 20.3 Å². The van der Waals surface area contributed by atoms with Gasteiger partial charge in [0.25, 0.3) is 0 Å². The maximum absolute atomic E-state index is 13.2. The fourth-order valence-corrected chi connectivity index (χ4v) is 1.06. The molecule has 0 heterocycles. The first-order valence-corrected chi connectivity index (χ1v) is 4.27. The zero-order chi connectivity index (χ0) is 12.3. The fourth-order valence-electron chi connectivity index (χ4n) is 1.06. The summed E-state index contributed by atoms with van der Waals surface area (Å²) in [5, 5.41) is 0. The SMILES string of the molecule is COc1c(F)c(F)c(OCCN)c(F)c1F. The van der Waals surface area contributed by atoms with E-state index in [4.69, 9.17) is 5.73 Å². The van der Waals surface area contributed by atoms with E-state index in [9.17, 15) is 17.6 Å². The molecule has 1 aromatic rings. The van der Waals surface area contributed by atoms with Crippen molar-refractivity contribution in [1.82, 2.24) is 0 Å². The Morgan fingerprint density at radius 3 is 1.75 bits per heavy atom. The van der Waals surface area contributed by atoms with Gasteiger partial charge in [0, 0.05) is 6.54 Å². The number of hydrogen-bond donors (Lipinski definition) is 1. The van der Waals surface area contributed by atoms with Gasteiger partial charge in [-0.15, -0.1) is 0 Å². The molecule has 1 aromatic carbocycles. The Bertz CT molecular complexity index is 369. The average molecular weight is 239 g/mol. The van der Waals surface area contributed by atoms with Gasteiger partial charge in [0.1, 0.15) is 6.61 Å². The summed E-state index contributed by atoms with van der Waals surface area (Å²) in [4.78, 5) is 0. The van der Waals surface area contributed by atoms with Gasteiger partial charge in [-0.25, -0.2) is 0 Å². The van der Waals surface area contributed by atoms with Crippen LogP contribution in [0.5, 0.6) is 11.5 Å². The Balaban J connectivity index is 3.29. The van der Waals surface area contributed by atoms with Crippen LogP contribution in [0, 0.1) is 23.3 Å². The first kappa shape index (κ1) is 12.6. The summed E-state index contributed by atoms with van der Waals surface area (Å²) in [5.74, 6) is -8.86. The summed E-state index contributed by atoms with van der Waals surface area (Å²) in [6.45, 7) is -0.312. The third kappa shape index (κ3) is 2.04. The Labute approximate surface area is 88.8 Å². The number of ether oxygens (including phenoxy) is 2. The van der Waals surface area contributed by atoms with E-state index in [-0.39, 0.29) is 13.2 Å². The van der Waals surface area contributed by atoms with Crippen LogP contribution < -0.4 is 15.2 Å². The Morgan fingerprint density at radius 1 is 0.938 bits per heavy atom. The van der Waals surface area contributed by atoms with Crippen molar-refractivity contribution in [2.24, 2.45) is 5.73 Å². The second-order valence-corrected chi connectivity index (χ2v) is 2.76. The lowest BCUT2D eigenvalue weighted by Gasteiger charge is -2.11. The minimum atomic E-state index is -1.65. The molecule has 90 valence electrons. The van der Waals surface area contributed by atoms with E-state index in [1.807, 2.05) is 0 Å². The molecule has 0 fully saturated rings. The van der Waals surface area contributed by atoms with Crippen LogP contribution in [-0.2, 0) is 0 Å². The second kappa shape index (κ2) is 5.02. The topological polar surface area (TPSA) is 44.5 Å². The van der Waals surface area contributed by atoms with Gasteiger partial charge in [0.05, 0.1) is 7.11 Å². The monoisotopic (exact) mass is 239 g/mol. The van der Waals surface area contributed by atoms with Crippen LogP contribution in [0.25, 0.3) is 0 Å². The second-order valence-electron chi connectivity index (χ2n) is 2.76. The van der Waals surface area contributed by atoms with E-state index in [0.29, 0.717) is 0 Å². The third-order valence-corrected chi connectivity index (χ3v) is 1.75. The molecule has 0 spiro atoms. The van der Waals surface area contributed by atoms with Gasteiger partial charge in [-0.3, -0.25) is 0 Å². The van der Waals surface area contributed by atoms with Gasteiger partial charge in [0.15, 0.2) is 11.5 Å². The summed E-state index contributed by atoms with van der Waals surface area (Å²) in [6, 6.07) is 0. The molecular formula is C9H9F4NO2. The lowest BCUT2D eigenvalue weighted by atomic mass is 10.2. The van der Waals surface area contributed by atoms with Gasteiger partial charge in [0.2, 0.25) is 23.3 Å². The third-order valence-electron chi connectivity index (χ3n) is 1.75. The number of methoxy groups -OCH3 is 1. The van der Waals surface area contributed by atoms with Crippen molar-refractivity contribution in [3.63, 3.8) is 0 Å². The Hall–Kier alpha value is -1.50. The number of halogens is 4. The predicted molar refractivity (Wildman–Crippen MR) is 47.4 cm³/mol. The number of nitrogens with two attached hydrogens (primary N) is 1. The highest BCUT2D eigenvalue weighted by Gasteiger charge is 2.27. The highest BCUT2D eigenvalue weighted by Crippen LogP contribution is 2.34. The van der Waals surface area contributed by atoms with Crippen molar-refractivity contribution in [1.29, 1.82) is 0 Å². The Morgan fingerprint density at radius 2 is 1.38 bits per heavy atom. The number of hydrogen-bond acceptors (Lipinski definition) is 3. The predicted octanol–water partition coefficient (Wildman–Crippen LogP) is 1.59. The minimum absolute atomic E-state index is 0.0475. The van der Waals surface area contributed by atoms with Gasteiger partial charge in [-0.05, 0) is 0 Å². The van der Waals surface area contributed by atoms with Crippen LogP contribution in [0.4, 0.5) is 17.6 Å². The average Bonchev–Trinajstić information content (AvgIpc) is 2.27. The summed E-state index contributed by atoms with van der Waals surface area (Å²) in [7, 11) is 0.890. The standard InChI is InChI=1S/C9H9F4NO2/c1-15-8-4(10)6(12)9(16-3-2-14)7(13)5(8)11/h2-3,14H2,1H3. The zero-order valence-electron chi connectivity index (χ0n) is 8.32. The lowest BCUT2D eigenvalue weighted by Crippen LogP contribution is -2.14. The highest BCUT2D eigenvalue weighted by atomic mass is 19.2. The molecule has 0 aromatic heterocycles. The molecule has 7 heteroatoms. The smallest absolute Gasteiger partial charge is 0.207 e. The molecule has 0 atom stereocenters. The van der Waals surface area contributed by atoms with E-state index in [2.05, 4.69) is 9.47 Å². The molecule has 0 aliphatic rings. The van der Waals surface area contributed by atoms with E-state index < -0.39 is 34.8 Å². The molecule has 0 aliphatic carbocycles. The highest BCUT2D eigenvalue weighted by molar-refractivity contribution is 5.38. The first-order valence-electron chi connectivity index (χ1n) is 4.27.